The minimum absolute atomic E-state index is 0.167. The lowest BCUT2D eigenvalue weighted by Crippen LogP contribution is -2.33. The Morgan fingerprint density at radius 1 is 1.47 bits per heavy atom. The lowest BCUT2D eigenvalue weighted by atomic mass is 10.1. The fraction of sp³-hybridized carbons (Fsp3) is 0.571. The highest BCUT2D eigenvalue weighted by molar-refractivity contribution is 5.32. The van der Waals surface area contributed by atoms with Crippen molar-refractivity contribution in [1.29, 1.82) is 0 Å². The van der Waals surface area contributed by atoms with Crippen molar-refractivity contribution in [3.63, 3.8) is 0 Å². The molecule has 0 radical (unpaired) electrons. The number of nitrogens with two attached hydrogens (primary N) is 1. The quantitative estimate of drug-likeness (QED) is 0.821. The number of rotatable bonds is 2. The van der Waals surface area contributed by atoms with Gasteiger partial charge in [0.25, 0.3) is 0 Å². The van der Waals surface area contributed by atoms with Gasteiger partial charge in [0.15, 0.2) is 6.29 Å². The Kier molecular flexibility index (Phi) is 4.35. The zero-order chi connectivity index (χ0) is 13.7. The van der Waals surface area contributed by atoms with Gasteiger partial charge in [-0.05, 0) is 45.1 Å². The number of ether oxygens (including phenoxy) is 2. The van der Waals surface area contributed by atoms with Crippen LogP contribution in [0.1, 0.15) is 38.9 Å². The van der Waals surface area contributed by atoms with Crippen molar-refractivity contribution in [3.05, 3.63) is 18.1 Å². The Hall–Kier alpha value is -1.64. The first-order chi connectivity index (χ1) is 9.05. The number of hydrogen-bond donors (Lipinski definition) is 1. The van der Waals surface area contributed by atoms with Crippen LogP contribution < -0.4 is 5.73 Å². The van der Waals surface area contributed by atoms with Crippen molar-refractivity contribution in [1.82, 2.24) is 9.97 Å². The van der Waals surface area contributed by atoms with E-state index in [2.05, 4.69) is 21.8 Å². The molecule has 2 rings (SSSR count). The molecule has 1 unspecified atom stereocenters. The Labute approximate surface area is 113 Å². The smallest absolute Gasteiger partial charge is 0.206 e. The molecule has 102 valence electrons. The molecular formula is C14H19N3O2. The molecule has 1 atom stereocenters. The highest BCUT2D eigenvalue weighted by Gasteiger charge is 2.23. The SMILES string of the molecule is CC(C)(C#Cc1nccc(N)n1)OC1CCCCO1. The standard InChI is InChI=1S/C14H19N3O2/c1-14(2,19-13-5-3-4-10-18-13)8-6-12-16-9-7-11(15)17-12/h7,9,13H,3-5,10H2,1-2H3,(H2,15,16,17). The van der Waals surface area contributed by atoms with Gasteiger partial charge in [-0.1, -0.05) is 5.92 Å². The van der Waals surface area contributed by atoms with E-state index in [0.717, 1.165) is 25.9 Å². The third-order valence-corrected chi connectivity index (χ3v) is 2.72. The van der Waals surface area contributed by atoms with Gasteiger partial charge in [-0.25, -0.2) is 9.97 Å². The maximum absolute atomic E-state index is 5.85. The summed E-state index contributed by atoms with van der Waals surface area (Å²) in [6.07, 6.45) is 4.57. The minimum Gasteiger partial charge on any atom is -0.384 e. The second-order valence-electron chi connectivity index (χ2n) is 4.98. The van der Waals surface area contributed by atoms with Crippen LogP contribution in [0.5, 0.6) is 0 Å². The summed E-state index contributed by atoms with van der Waals surface area (Å²) in [6.45, 7) is 4.57. The first-order valence-corrected chi connectivity index (χ1v) is 6.46. The first kappa shape index (κ1) is 13.8. The summed E-state index contributed by atoms with van der Waals surface area (Å²) in [6, 6.07) is 1.63. The summed E-state index contributed by atoms with van der Waals surface area (Å²) in [5.74, 6) is 6.71. The molecule has 5 heteroatoms. The van der Waals surface area contributed by atoms with Crippen molar-refractivity contribution >= 4 is 5.82 Å². The predicted molar refractivity (Wildman–Crippen MR) is 72.1 cm³/mol. The summed E-state index contributed by atoms with van der Waals surface area (Å²) in [5, 5.41) is 0. The normalized spacial score (nSPS) is 19.6. The van der Waals surface area contributed by atoms with Gasteiger partial charge in [0.05, 0.1) is 0 Å². The molecule has 1 fully saturated rings. The van der Waals surface area contributed by atoms with Gasteiger partial charge < -0.3 is 15.2 Å². The highest BCUT2D eigenvalue weighted by atomic mass is 16.7. The van der Waals surface area contributed by atoms with Crippen LogP contribution in [0.4, 0.5) is 5.82 Å². The molecule has 2 heterocycles. The summed E-state index contributed by atoms with van der Waals surface area (Å²) < 4.78 is 11.4. The maximum Gasteiger partial charge on any atom is 0.206 e. The van der Waals surface area contributed by atoms with E-state index < -0.39 is 5.60 Å². The number of hydrogen-bond acceptors (Lipinski definition) is 5. The third kappa shape index (κ3) is 4.51. The van der Waals surface area contributed by atoms with Crippen molar-refractivity contribution in [2.24, 2.45) is 0 Å². The van der Waals surface area contributed by atoms with E-state index in [-0.39, 0.29) is 6.29 Å². The fourth-order valence-electron chi connectivity index (χ4n) is 1.80. The molecular weight excluding hydrogens is 242 g/mol. The molecule has 0 amide bonds. The monoisotopic (exact) mass is 261 g/mol. The number of nitrogen functional groups attached to an aromatic ring is 1. The van der Waals surface area contributed by atoms with Crippen LogP contribution in [0, 0.1) is 11.8 Å². The predicted octanol–water partition coefficient (Wildman–Crippen LogP) is 1.73. The Balaban J connectivity index is 2.00. The summed E-state index contributed by atoms with van der Waals surface area (Å²) in [4.78, 5) is 8.07. The average Bonchev–Trinajstić information content (AvgIpc) is 2.37. The number of anilines is 1. The summed E-state index contributed by atoms with van der Waals surface area (Å²) >= 11 is 0. The van der Waals surface area contributed by atoms with Gasteiger partial charge in [-0.3, -0.25) is 0 Å². The lowest BCUT2D eigenvalue weighted by molar-refractivity contribution is -0.199. The van der Waals surface area contributed by atoms with Crippen LogP contribution in [0.15, 0.2) is 12.3 Å². The van der Waals surface area contributed by atoms with Crippen LogP contribution in [0.2, 0.25) is 0 Å². The molecule has 1 saturated heterocycles. The molecule has 1 aromatic rings. The molecule has 5 nitrogen and oxygen atoms in total. The van der Waals surface area contributed by atoms with Gasteiger partial charge in [0.2, 0.25) is 5.82 Å². The minimum atomic E-state index is -0.601. The number of nitrogens with zero attached hydrogens (tertiary/aromatic N) is 2. The number of aromatic nitrogens is 2. The second-order valence-corrected chi connectivity index (χ2v) is 4.98. The van der Waals surface area contributed by atoms with E-state index in [1.807, 2.05) is 13.8 Å². The third-order valence-electron chi connectivity index (χ3n) is 2.72. The molecule has 0 spiro atoms. The zero-order valence-corrected chi connectivity index (χ0v) is 11.3. The van der Waals surface area contributed by atoms with Crippen LogP contribution in [0.25, 0.3) is 0 Å². The molecule has 0 saturated carbocycles. The van der Waals surface area contributed by atoms with Crippen molar-refractivity contribution in [2.45, 2.75) is 45.0 Å². The van der Waals surface area contributed by atoms with E-state index in [1.54, 1.807) is 12.3 Å². The van der Waals surface area contributed by atoms with E-state index in [4.69, 9.17) is 15.2 Å². The summed E-state index contributed by atoms with van der Waals surface area (Å²) in [5.41, 5.74) is 4.98. The van der Waals surface area contributed by atoms with Crippen LogP contribution in [-0.4, -0.2) is 28.5 Å². The Bertz CT molecular complexity index is 485. The van der Waals surface area contributed by atoms with Crippen molar-refractivity contribution in [3.8, 4) is 11.8 Å². The molecule has 19 heavy (non-hydrogen) atoms. The molecule has 0 aliphatic carbocycles. The van der Waals surface area contributed by atoms with E-state index in [0.29, 0.717) is 11.6 Å². The molecule has 0 bridgehead atoms. The van der Waals surface area contributed by atoms with E-state index >= 15 is 0 Å². The second kappa shape index (κ2) is 6.00. The Morgan fingerprint density at radius 2 is 2.32 bits per heavy atom. The van der Waals surface area contributed by atoms with Gasteiger partial charge >= 0.3 is 0 Å². The zero-order valence-electron chi connectivity index (χ0n) is 11.3. The van der Waals surface area contributed by atoms with Gasteiger partial charge in [0.1, 0.15) is 11.4 Å². The van der Waals surface area contributed by atoms with Crippen LogP contribution in [0.3, 0.4) is 0 Å². The largest absolute Gasteiger partial charge is 0.384 e. The van der Waals surface area contributed by atoms with Crippen LogP contribution in [-0.2, 0) is 9.47 Å². The maximum atomic E-state index is 5.85. The first-order valence-electron chi connectivity index (χ1n) is 6.46. The molecule has 1 aliphatic rings. The summed E-state index contributed by atoms with van der Waals surface area (Å²) in [7, 11) is 0. The Morgan fingerprint density at radius 3 is 3.00 bits per heavy atom. The van der Waals surface area contributed by atoms with Gasteiger partial charge in [-0.2, -0.15) is 0 Å². The molecule has 1 aromatic heterocycles. The molecule has 2 N–H and O–H groups in total. The highest BCUT2D eigenvalue weighted by Crippen LogP contribution is 2.20. The van der Waals surface area contributed by atoms with Gasteiger partial charge in [-0.15, -0.1) is 0 Å². The van der Waals surface area contributed by atoms with E-state index in [1.165, 1.54) is 0 Å². The van der Waals surface area contributed by atoms with E-state index in [9.17, 15) is 0 Å². The fourth-order valence-corrected chi connectivity index (χ4v) is 1.80. The average molecular weight is 261 g/mol. The van der Waals surface area contributed by atoms with Crippen molar-refractivity contribution < 1.29 is 9.47 Å². The lowest BCUT2D eigenvalue weighted by Gasteiger charge is -2.29. The van der Waals surface area contributed by atoms with Crippen molar-refractivity contribution in [2.75, 3.05) is 12.3 Å². The topological polar surface area (TPSA) is 70.3 Å². The van der Waals surface area contributed by atoms with Crippen LogP contribution >= 0.6 is 0 Å². The molecule has 0 aromatic carbocycles. The van der Waals surface area contributed by atoms with Gasteiger partial charge in [0, 0.05) is 12.8 Å². The molecule has 1 aliphatic heterocycles.